The minimum atomic E-state index is -3.64. The average Bonchev–Trinajstić information content (AvgIpc) is 3.36. The number of carbonyl (C=O) groups excluding carboxylic acids is 1. The first-order chi connectivity index (χ1) is 14.7. The van der Waals surface area contributed by atoms with Crippen molar-refractivity contribution in [1.29, 1.82) is 0 Å². The molecule has 0 spiro atoms. The Morgan fingerprint density at radius 3 is 2.61 bits per heavy atom. The predicted molar refractivity (Wildman–Crippen MR) is 127 cm³/mol. The van der Waals surface area contributed by atoms with Crippen LogP contribution < -0.4 is 14.5 Å². The van der Waals surface area contributed by atoms with Crippen molar-refractivity contribution in [3.8, 4) is 0 Å². The van der Waals surface area contributed by atoms with Crippen molar-refractivity contribution < 1.29 is 13.2 Å². The van der Waals surface area contributed by atoms with E-state index in [-0.39, 0.29) is 12.7 Å². The molecule has 168 valence electrons. The van der Waals surface area contributed by atoms with Crippen LogP contribution in [0.1, 0.15) is 13.3 Å². The summed E-state index contributed by atoms with van der Waals surface area (Å²) < 4.78 is 26.5. The molecule has 1 amide bonds. The van der Waals surface area contributed by atoms with Crippen LogP contribution in [0.2, 0.25) is 15.4 Å². The van der Waals surface area contributed by atoms with Crippen LogP contribution in [0, 0.1) is 0 Å². The number of hydrogen-bond donors (Lipinski definition) is 1. The van der Waals surface area contributed by atoms with Gasteiger partial charge < -0.3 is 0 Å². The van der Waals surface area contributed by atoms with Gasteiger partial charge in [0, 0.05) is 0 Å². The van der Waals surface area contributed by atoms with Crippen LogP contribution in [0.25, 0.3) is 0 Å². The molecule has 1 aromatic rings. The standard InChI is InChI=1S/C20H24Cl2N4O3SSe/c1-3-24-8-9-31-19(24)5-4-13-6-7-25-16-10-14(21)15(22)11-17(16)26(20(13)25)12-18(27)23-30(2,28)29/h4-5,10-11,20H,3,6-9,12H2,1-2H3,(H,23,27). The zero-order valence-electron chi connectivity index (χ0n) is 17.3. The van der Waals surface area contributed by atoms with E-state index in [0.717, 1.165) is 43.7 Å². The summed E-state index contributed by atoms with van der Waals surface area (Å²) in [4.78, 5) is 19.0. The van der Waals surface area contributed by atoms with Gasteiger partial charge in [-0.05, 0) is 0 Å². The van der Waals surface area contributed by atoms with Crippen LogP contribution in [0.15, 0.2) is 34.5 Å². The van der Waals surface area contributed by atoms with Gasteiger partial charge in [0.1, 0.15) is 0 Å². The van der Waals surface area contributed by atoms with Gasteiger partial charge in [-0.25, -0.2) is 0 Å². The van der Waals surface area contributed by atoms with Crippen LogP contribution in [0.4, 0.5) is 11.4 Å². The van der Waals surface area contributed by atoms with Gasteiger partial charge in [-0.2, -0.15) is 0 Å². The number of amides is 1. The quantitative estimate of drug-likeness (QED) is 0.569. The van der Waals surface area contributed by atoms with Crippen molar-refractivity contribution in [2.24, 2.45) is 0 Å². The van der Waals surface area contributed by atoms with E-state index in [0.29, 0.717) is 25.0 Å². The molecule has 0 bridgehead atoms. The predicted octanol–water partition coefficient (Wildman–Crippen LogP) is 2.65. The van der Waals surface area contributed by atoms with E-state index < -0.39 is 15.9 Å². The number of fused-ring (bicyclic) bond motifs is 3. The summed E-state index contributed by atoms with van der Waals surface area (Å²) in [6.07, 6.45) is 6.05. The molecule has 3 aliphatic rings. The Labute approximate surface area is 199 Å². The Hall–Kier alpha value is -1.38. The second-order valence-electron chi connectivity index (χ2n) is 7.67. The SMILES string of the molecule is CCN1CC[Se]C1=CC=C1CCN2c3cc(Cl)c(Cl)cc3N(CC(=O)NS(C)(=O)=O)C12. The van der Waals surface area contributed by atoms with E-state index in [9.17, 15) is 13.2 Å². The number of benzene rings is 1. The monoisotopic (exact) mass is 550 g/mol. The first-order valence-corrected chi connectivity index (χ1v) is 14.7. The molecule has 3 aliphatic heterocycles. The molecule has 0 saturated carbocycles. The normalized spacial score (nSPS) is 23.1. The number of allylic oxidation sites excluding steroid dienone is 2. The number of nitrogens with one attached hydrogen (secondary N) is 1. The minimum absolute atomic E-state index is 0.0991. The molecule has 0 aromatic heterocycles. The van der Waals surface area contributed by atoms with Crippen molar-refractivity contribution in [1.82, 2.24) is 9.62 Å². The Morgan fingerprint density at radius 1 is 1.23 bits per heavy atom. The molecule has 31 heavy (non-hydrogen) atoms. The van der Waals surface area contributed by atoms with Crippen LogP contribution in [0.3, 0.4) is 0 Å². The van der Waals surface area contributed by atoms with E-state index in [1.807, 2.05) is 11.0 Å². The molecular formula is C20H24Cl2N4O3SSe. The number of nitrogens with zero attached hydrogens (tertiary/aromatic N) is 3. The van der Waals surface area contributed by atoms with E-state index in [1.165, 1.54) is 15.5 Å². The number of carbonyl (C=O) groups is 1. The summed E-state index contributed by atoms with van der Waals surface area (Å²) in [5, 5.41) is 2.08. The number of sulfonamides is 1. The number of anilines is 2. The van der Waals surface area contributed by atoms with Crippen molar-refractivity contribution in [3.63, 3.8) is 0 Å². The van der Waals surface area contributed by atoms with Crippen molar-refractivity contribution >= 4 is 65.5 Å². The average molecular weight is 550 g/mol. The van der Waals surface area contributed by atoms with Crippen LogP contribution in [-0.4, -0.2) is 72.8 Å². The number of hydrogen-bond acceptors (Lipinski definition) is 6. The molecule has 4 rings (SSSR count). The zero-order chi connectivity index (χ0) is 22.3. The van der Waals surface area contributed by atoms with E-state index in [2.05, 4.69) is 33.6 Å². The number of halogens is 2. The van der Waals surface area contributed by atoms with Gasteiger partial charge in [0.25, 0.3) is 0 Å². The second kappa shape index (κ2) is 8.87. The fourth-order valence-electron chi connectivity index (χ4n) is 4.28. The van der Waals surface area contributed by atoms with Gasteiger partial charge in [0.05, 0.1) is 0 Å². The summed E-state index contributed by atoms with van der Waals surface area (Å²) in [5.41, 5.74) is 2.87. The molecule has 1 N–H and O–H groups in total. The summed E-state index contributed by atoms with van der Waals surface area (Å²) in [6, 6.07) is 3.57. The summed E-state index contributed by atoms with van der Waals surface area (Å²) in [7, 11) is -3.64. The van der Waals surface area contributed by atoms with E-state index >= 15 is 0 Å². The van der Waals surface area contributed by atoms with Gasteiger partial charge in [-0.3, -0.25) is 0 Å². The van der Waals surface area contributed by atoms with Crippen LogP contribution in [-0.2, 0) is 14.8 Å². The van der Waals surface area contributed by atoms with Gasteiger partial charge in [-0.1, -0.05) is 0 Å². The molecular weight excluding hydrogens is 526 g/mol. The Kier molecular flexibility index (Phi) is 6.52. The topological polar surface area (TPSA) is 73.0 Å². The van der Waals surface area contributed by atoms with Gasteiger partial charge in [0.15, 0.2) is 0 Å². The molecule has 1 aromatic carbocycles. The van der Waals surface area contributed by atoms with E-state index in [1.54, 1.807) is 6.07 Å². The first-order valence-electron chi connectivity index (χ1n) is 9.99. The molecule has 1 unspecified atom stereocenters. The third-order valence-corrected chi connectivity index (χ3v) is 9.14. The maximum absolute atomic E-state index is 12.5. The molecule has 7 nitrogen and oxygen atoms in total. The van der Waals surface area contributed by atoms with Crippen molar-refractivity contribution in [2.45, 2.75) is 24.8 Å². The van der Waals surface area contributed by atoms with E-state index in [4.69, 9.17) is 23.2 Å². The Balaban J connectivity index is 1.68. The maximum atomic E-state index is 12.5. The Morgan fingerprint density at radius 2 is 1.94 bits per heavy atom. The summed E-state index contributed by atoms with van der Waals surface area (Å²) in [5.74, 6) is -0.581. The fourth-order valence-corrected chi connectivity index (χ4v) is 7.36. The molecule has 11 heteroatoms. The first kappa shape index (κ1) is 22.8. The molecule has 2 fully saturated rings. The zero-order valence-corrected chi connectivity index (χ0v) is 21.3. The van der Waals surface area contributed by atoms with Gasteiger partial charge in [-0.15, -0.1) is 0 Å². The molecule has 3 heterocycles. The van der Waals surface area contributed by atoms with Crippen molar-refractivity contribution in [2.75, 3.05) is 42.2 Å². The molecule has 0 radical (unpaired) electrons. The Bertz CT molecular complexity index is 1080. The summed E-state index contributed by atoms with van der Waals surface area (Å²) >= 11 is 13.0. The molecule has 2 saturated heterocycles. The third kappa shape index (κ3) is 4.71. The van der Waals surface area contributed by atoms with Crippen LogP contribution in [0.5, 0.6) is 0 Å². The number of rotatable bonds is 5. The van der Waals surface area contributed by atoms with Crippen molar-refractivity contribution in [3.05, 3.63) is 44.5 Å². The van der Waals surface area contributed by atoms with Gasteiger partial charge >= 0.3 is 200 Å². The fraction of sp³-hybridized carbons (Fsp3) is 0.450. The van der Waals surface area contributed by atoms with Gasteiger partial charge in [0.2, 0.25) is 0 Å². The second-order valence-corrected chi connectivity index (χ2v) is 12.6. The molecule has 0 aliphatic carbocycles. The summed E-state index contributed by atoms with van der Waals surface area (Å²) in [6.45, 7) is 4.98. The molecule has 1 atom stereocenters. The van der Waals surface area contributed by atoms with Crippen LogP contribution >= 0.6 is 23.2 Å². The third-order valence-electron chi connectivity index (χ3n) is 5.56.